The summed E-state index contributed by atoms with van der Waals surface area (Å²) in [4.78, 5) is 35.6. The van der Waals surface area contributed by atoms with Gasteiger partial charge in [-0.2, -0.15) is 0 Å². The Morgan fingerprint density at radius 2 is 1.79 bits per heavy atom. The zero-order valence-electron chi connectivity index (χ0n) is 14.2. The molecule has 138 valence electrons. The van der Waals surface area contributed by atoms with E-state index in [-0.39, 0.29) is 32.4 Å². The Morgan fingerprint density at radius 3 is 2.33 bits per heavy atom. The number of carbonyl (C=O) groups excluding carboxylic acids is 2. The number of carboxylic acids is 1. The number of carboxylic acid groups (broad SMARTS) is 1. The summed E-state index contributed by atoms with van der Waals surface area (Å²) in [5.74, 6) is -1.56. The number of nitrogens with zero attached hydrogens (tertiary/aromatic N) is 1. The van der Waals surface area contributed by atoms with Crippen molar-refractivity contribution in [3.63, 3.8) is 0 Å². The van der Waals surface area contributed by atoms with Gasteiger partial charge in [0.1, 0.15) is 5.60 Å². The molecule has 0 spiro atoms. The van der Waals surface area contributed by atoms with Crippen LogP contribution in [0.25, 0.3) is 0 Å². The molecule has 1 aliphatic rings. The van der Waals surface area contributed by atoms with Crippen LogP contribution in [0.4, 0.5) is 4.79 Å². The minimum atomic E-state index is -1.09. The van der Waals surface area contributed by atoms with Gasteiger partial charge in [-0.1, -0.05) is 0 Å². The first kappa shape index (κ1) is 20.2. The van der Waals surface area contributed by atoms with Crippen LogP contribution in [0.15, 0.2) is 0 Å². The van der Waals surface area contributed by atoms with Crippen molar-refractivity contribution in [2.24, 2.45) is 0 Å². The number of rotatable bonds is 4. The predicted octanol–water partition coefficient (Wildman–Crippen LogP) is -0.301. The second-order valence-electron chi connectivity index (χ2n) is 6.90. The molecule has 9 nitrogen and oxygen atoms in total. The number of β-amino-alcohol motifs (C(OH)–C–C–N with tert-alkyl or cyclic N) is 2. The first-order valence-electron chi connectivity index (χ1n) is 7.83. The van der Waals surface area contributed by atoms with E-state index in [4.69, 9.17) is 9.84 Å². The summed E-state index contributed by atoms with van der Waals surface area (Å²) in [7, 11) is 0. The lowest BCUT2D eigenvalue weighted by atomic mass is 10.1. The van der Waals surface area contributed by atoms with Gasteiger partial charge in [0, 0.05) is 19.5 Å². The molecule has 3 atom stereocenters. The molecular formula is C15H26N2O7. The van der Waals surface area contributed by atoms with Crippen molar-refractivity contribution in [3.8, 4) is 0 Å². The Labute approximate surface area is 140 Å². The van der Waals surface area contributed by atoms with E-state index >= 15 is 0 Å². The summed E-state index contributed by atoms with van der Waals surface area (Å²) in [5, 5.41) is 31.4. The average Bonchev–Trinajstić information content (AvgIpc) is 2.53. The fourth-order valence-corrected chi connectivity index (χ4v) is 2.40. The van der Waals surface area contributed by atoms with E-state index in [0.717, 1.165) is 0 Å². The van der Waals surface area contributed by atoms with Gasteiger partial charge >= 0.3 is 12.1 Å². The van der Waals surface area contributed by atoms with Crippen molar-refractivity contribution in [2.75, 3.05) is 13.1 Å². The zero-order valence-corrected chi connectivity index (χ0v) is 14.2. The number of hydrogen-bond donors (Lipinski definition) is 4. The molecule has 0 unspecified atom stereocenters. The topological polar surface area (TPSA) is 136 Å². The zero-order chi connectivity index (χ0) is 18.5. The Hall–Kier alpha value is -1.87. The molecule has 1 aliphatic heterocycles. The molecular weight excluding hydrogens is 320 g/mol. The van der Waals surface area contributed by atoms with Gasteiger partial charge in [-0.05, 0) is 27.2 Å². The SMILES string of the molecule is CC(C)(C)OC(=O)N[C@@H]1C[C@@H](O)CN(C(=O)CCC(=O)O)C[C@H]1O. The number of likely N-dealkylation sites (tertiary alicyclic amines) is 1. The largest absolute Gasteiger partial charge is 0.481 e. The molecule has 24 heavy (non-hydrogen) atoms. The number of nitrogens with one attached hydrogen (secondary N) is 1. The first-order chi connectivity index (χ1) is 11.0. The van der Waals surface area contributed by atoms with Crippen molar-refractivity contribution in [3.05, 3.63) is 0 Å². The van der Waals surface area contributed by atoms with Crippen LogP contribution in [0.3, 0.4) is 0 Å². The van der Waals surface area contributed by atoms with Crippen molar-refractivity contribution < 1.29 is 34.4 Å². The molecule has 2 amide bonds. The highest BCUT2D eigenvalue weighted by Crippen LogP contribution is 2.15. The fraction of sp³-hybridized carbons (Fsp3) is 0.800. The Kier molecular flexibility index (Phi) is 6.97. The van der Waals surface area contributed by atoms with Crippen LogP contribution in [0.5, 0.6) is 0 Å². The maximum absolute atomic E-state index is 12.0. The third-order valence-electron chi connectivity index (χ3n) is 3.44. The standard InChI is InChI=1S/C15H26N2O7/c1-15(2,3)24-14(23)16-10-6-9(18)7-17(8-11(10)19)12(20)4-5-13(21)22/h9-11,18-19H,4-8H2,1-3H3,(H,16,23)(H,21,22)/t9-,10-,11-/m1/s1. The molecule has 4 N–H and O–H groups in total. The van der Waals surface area contributed by atoms with Crippen molar-refractivity contribution >= 4 is 18.0 Å². The van der Waals surface area contributed by atoms with Crippen LogP contribution >= 0.6 is 0 Å². The van der Waals surface area contributed by atoms with E-state index in [1.807, 2.05) is 0 Å². The molecule has 0 radical (unpaired) electrons. The van der Waals surface area contributed by atoms with Gasteiger partial charge in [0.15, 0.2) is 0 Å². The monoisotopic (exact) mass is 346 g/mol. The molecule has 0 aromatic carbocycles. The number of aliphatic hydroxyl groups excluding tert-OH is 2. The number of amides is 2. The normalized spacial score (nSPS) is 24.9. The molecule has 1 rings (SSSR count). The maximum Gasteiger partial charge on any atom is 0.407 e. The molecule has 1 heterocycles. The summed E-state index contributed by atoms with van der Waals surface area (Å²) in [6.07, 6.45) is -3.23. The van der Waals surface area contributed by atoms with Crippen LogP contribution in [0.2, 0.25) is 0 Å². The summed E-state index contributed by atoms with van der Waals surface area (Å²) >= 11 is 0. The van der Waals surface area contributed by atoms with Gasteiger partial charge < -0.3 is 30.3 Å². The lowest BCUT2D eigenvalue weighted by Crippen LogP contribution is -2.48. The van der Waals surface area contributed by atoms with Crippen molar-refractivity contribution in [1.29, 1.82) is 0 Å². The highest BCUT2D eigenvalue weighted by Gasteiger charge is 2.33. The van der Waals surface area contributed by atoms with Crippen molar-refractivity contribution in [2.45, 2.75) is 63.9 Å². The number of aliphatic carboxylic acids is 1. The number of aliphatic hydroxyl groups is 2. The summed E-state index contributed by atoms with van der Waals surface area (Å²) in [6.45, 7) is 4.98. The van der Waals surface area contributed by atoms with Crippen LogP contribution < -0.4 is 5.32 Å². The molecule has 0 aromatic heterocycles. The second-order valence-corrected chi connectivity index (χ2v) is 6.90. The molecule has 9 heteroatoms. The van der Waals surface area contributed by atoms with Gasteiger partial charge in [0.25, 0.3) is 0 Å². The van der Waals surface area contributed by atoms with Gasteiger partial charge in [0.2, 0.25) is 5.91 Å². The fourth-order valence-electron chi connectivity index (χ4n) is 2.40. The minimum Gasteiger partial charge on any atom is -0.481 e. The maximum atomic E-state index is 12.0. The Morgan fingerprint density at radius 1 is 1.17 bits per heavy atom. The first-order valence-corrected chi connectivity index (χ1v) is 7.83. The molecule has 0 aromatic rings. The van der Waals surface area contributed by atoms with Crippen LogP contribution in [-0.2, 0) is 14.3 Å². The number of hydrogen-bond acceptors (Lipinski definition) is 6. The highest BCUT2D eigenvalue weighted by atomic mass is 16.6. The average molecular weight is 346 g/mol. The van der Waals surface area contributed by atoms with Crippen LogP contribution in [0.1, 0.15) is 40.0 Å². The molecule has 0 saturated carbocycles. The number of carbonyl (C=O) groups is 3. The Balaban J connectivity index is 2.66. The molecule has 1 saturated heterocycles. The summed E-state index contributed by atoms with van der Waals surface area (Å²) in [5.41, 5.74) is -0.697. The second kappa shape index (κ2) is 8.29. The van der Waals surface area contributed by atoms with Gasteiger partial charge in [-0.25, -0.2) is 4.79 Å². The third-order valence-corrected chi connectivity index (χ3v) is 3.44. The smallest absolute Gasteiger partial charge is 0.407 e. The van der Waals surface area contributed by atoms with Crippen molar-refractivity contribution in [1.82, 2.24) is 10.2 Å². The number of alkyl carbamates (subject to hydrolysis) is 1. The highest BCUT2D eigenvalue weighted by molar-refractivity contribution is 5.80. The van der Waals surface area contributed by atoms with E-state index < -0.39 is 41.8 Å². The predicted molar refractivity (Wildman–Crippen MR) is 83.2 cm³/mol. The van der Waals surface area contributed by atoms with E-state index in [1.54, 1.807) is 20.8 Å². The summed E-state index contributed by atoms with van der Waals surface area (Å²) < 4.78 is 5.12. The van der Waals surface area contributed by atoms with Gasteiger partial charge in [-0.15, -0.1) is 0 Å². The van der Waals surface area contributed by atoms with Gasteiger partial charge in [-0.3, -0.25) is 9.59 Å². The minimum absolute atomic E-state index is 0.0258. The molecule has 1 fully saturated rings. The lowest BCUT2D eigenvalue weighted by Gasteiger charge is -2.26. The lowest BCUT2D eigenvalue weighted by molar-refractivity contribution is -0.141. The van der Waals surface area contributed by atoms with E-state index in [9.17, 15) is 24.6 Å². The quantitative estimate of drug-likeness (QED) is 0.548. The van der Waals surface area contributed by atoms with Crippen LogP contribution in [-0.4, -0.2) is 75.1 Å². The van der Waals surface area contributed by atoms with E-state index in [1.165, 1.54) is 4.90 Å². The number of ether oxygens (including phenoxy) is 1. The molecule has 0 bridgehead atoms. The van der Waals surface area contributed by atoms with Gasteiger partial charge in [0.05, 0.1) is 24.7 Å². The van der Waals surface area contributed by atoms with E-state index in [2.05, 4.69) is 5.32 Å². The third kappa shape index (κ3) is 7.14. The summed E-state index contributed by atoms with van der Waals surface area (Å²) in [6, 6.07) is -0.771. The van der Waals surface area contributed by atoms with Crippen LogP contribution in [0, 0.1) is 0 Å². The molecule has 0 aliphatic carbocycles. The van der Waals surface area contributed by atoms with E-state index in [0.29, 0.717) is 0 Å². The Bertz CT molecular complexity index is 475.